The van der Waals surface area contributed by atoms with Gasteiger partial charge in [0.2, 0.25) is 10.0 Å². The molecule has 2 heterocycles. The zero-order valence-electron chi connectivity index (χ0n) is 22.9. The summed E-state index contributed by atoms with van der Waals surface area (Å²) in [5.74, 6) is 1.21. The van der Waals surface area contributed by atoms with E-state index in [1.54, 1.807) is 19.2 Å². The van der Waals surface area contributed by atoms with Crippen molar-refractivity contribution in [1.82, 2.24) is 19.6 Å². The number of benzene rings is 2. The number of sulfonamides is 1. The molecule has 0 bridgehead atoms. The van der Waals surface area contributed by atoms with Gasteiger partial charge in [-0.1, -0.05) is 11.6 Å². The molecule has 2 aromatic carbocycles. The Morgan fingerprint density at radius 3 is 2.61 bits per heavy atom. The van der Waals surface area contributed by atoms with E-state index >= 15 is 0 Å². The van der Waals surface area contributed by atoms with Crippen molar-refractivity contribution in [2.24, 2.45) is 0 Å². The van der Waals surface area contributed by atoms with Crippen molar-refractivity contribution >= 4 is 44.0 Å². The minimum absolute atomic E-state index is 0.00457. The molecule has 222 valence electrons. The molecule has 2 aliphatic rings. The van der Waals surface area contributed by atoms with Crippen LogP contribution in [-0.2, 0) is 14.8 Å². The van der Waals surface area contributed by atoms with Crippen LogP contribution in [0.5, 0.6) is 11.5 Å². The second-order valence-electron chi connectivity index (χ2n) is 10.3. The topological polar surface area (TPSA) is 115 Å². The minimum atomic E-state index is -3.35. The van der Waals surface area contributed by atoms with Crippen molar-refractivity contribution < 1.29 is 27.0 Å². The van der Waals surface area contributed by atoms with Gasteiger partial charge in [-0.3, -0.25) is 4.90 Å². The fraction of sp³-hybridized carbons (Fsp3) is 0.500. The van der Waals surface area contributed by atoms with E-state index in [1.165, 1.54) is 18.5 Å². The lowest BCUT2D eigenvalue weighted by Crippen LogP contribution is -2.41. The third kappa shape index (κ3) is 7.95. The fourth-order valence-corrected chi connectivity index (χ4v) is 6.77. The number of anilines is 2. The van der Waals surface area contributed by atoms with E-state index in [9.17, 15) is 12.8 Å². The van der Waals surface area contributed by atoms with Crippen molar-refractivity contribution in [3.8, 4) is 11.5 Å². The minimum Gasteiger partial charge on any atom is -0.493 e. The molecular weight excluding hydrogens is 573 g/mol. The molecule has 1 saturated carbocycles. The van der Waals surface area contributed by atoms with Gasteiger partial charge in [0.05, 0.1) is 42.7 Å². The molecule has 1 aromatic heterocycles. The predicted molar refractivity (Wildman–Crippen MR) is 156 cm³/mol. The summed E-state index contributed by atoms with van der Waals surface area (Å²) in [4.78, 5) is 11.0. The molecule has 0 radical (unpaired) electrons. The molecule has 0 amide bonds. The highest BCUT2D eigenvalue weighted by atomic mass is 35.5. The quantitative estimate of drug-likeness (QED) is 0.325. The van der Waals surface area contributed by atoms with Crippen molar-refractivity contribution in [3.05, 3.63) is 47.5 Å². The van der Waals surface area contributed by atoms with Crippen molar-refractivity contribution in [1.29, 1.82) is 0 Å². The van der Waals surface area contributed by atoms with E-state index in [2.05, 4.69) is 24.9 Å². The van der Waals surface area contributed by atoms with Gasteiger partial charge in [-0.05, 0) is 62.9 Å². The second kappa shape index (κ2) is 13.5. The Kier molecular flexibility index (Phi) is 9.76. The highest BCUT2D eigenvalue weighted by molar-refractivity contribution is 7.89. The molecule has 1 saturated heterocycles. The summed E-state index contributed by atoms with van der Waals surface area (Å²) in [7, 11) is -1.78. The average molecular weight is 608 g/mol. The third-order valence-corrected chi connectivity index (χ3v) is 9.22. The number of nitrogens with one attached hydrogen (secondary N) is 2. The van der Waals surface area contributed by atoms with Gasteiger partial charge < -0.3 is 19.5 Å². The molecule has 0 unspecified atom stereocenters. The third-order valence-electron chi connectivity index (χ3n) is 7.41. The largest absolute Gasteiger partial charge is 0.493 e. The Morgan fingerprint density at radius 2 is 1.88 bits per heavy atom. The van der Waals surface area contributed by atoms with Crippen LogP contribution in [0.4, 0.5) is 15.9 Å². The van der Waals surface area contributed by atoms with E-state index in [4.69, 9.17) is 25.8 Å². The highest BCUT2D eigenvalue weighted by Crippen LogP contribution is 2.37. The first-order valence-electron chi connectivity index (χ1n) is 13.8. The Hall–Kier alpha value is -2.77. The van der Waals surface area contributed by atoms with Crippen LogP contribution < -0.4 is 19.5 Å². The summed E-state index contributed by atoms with van der Waals surface area (Å²) < 4.78 is 59.1. The average Bonchev–Trinajstić information content (AvgIpc) is 2.96. The van der Waals surface area contributed by atoms with Gasteiger partial charge in [0.25, 0.3) is 0 Å². The number of ether oxygens (including phenoxy) is 3. The number of halogens is 2. The van der Waals surface area contributed by atoms with Crippen LogP contribution in [0.2, 0.25) is 5.02 Å². The normalized spacial score (nSPS) is 20.2. The van der Waals surface area contributed by atoms with Gasteiger partial charge in [-0.15, -0.1) is 0 Å². The number of aromatic nitrogens is 2. The van der Waals surface area contributed by atoms with Gasteiger partial charge in [0.15, 0.2) is 11.5 Å². The van der Waals surface area contributed by atoms with Gasteiger partial charge >= 0.3 is 0 Å². The van der Waals surface area contributed by atoms with Crippen molar-refractivity contribution in [3.63, 3.8) is 0 Å². The van der Waals surface area contributed by atoms with Crippen LogP contribution in [-0.4, -0.2) is 81.1 Å². The maximum absolute atomic E-state index is 13.6. The molecule has 2 N–H and O–H groups in total. The van der Waals surface area contributed by atoms with Crippen LogP contribution in [0.15, 0.2) is 36.7 Å². The summed E-state index contributed by atoms with van der Waals surface area (Å²) in [6, 6.07) is 7.85. The maximum atomic E-state index is 13.6. The first-order chi connectivity index (χ1) is 19.8. The zero-order valence-corrected chi connectivity index (χ0v) is 24.5. The number of rotatable bonds is 11. The van der Waals surface area contributed by atoms with E-state index in [0.29, 0.717) is 79.2 Å². The number of nitrogens with zero attached hydrogens (tertiary/aromatic N) is 3. The monoisotopic (exact) mass is 607 g/mol. The van der Waals surface area contributed by atoms with E-state index in [1.807, 2.05) is 6.07 Å². The Morgan fingerprint density at radius 1 is 1.10 bits per heavy atom. The molecule has 10 nitrogen and oxygen atoms in total. The van der Waals surface area contributed by atoms with Crippen molar-refractivity contribution in [2.75, 3.05) is 51.0 Å². The van der Waals surface area contributed by atoms with E-state index in [0.717, 1.165) is 19.6 Å². The van der Waals surface area contributed by atoms with Gasteiger partial charge in [0.1, 0.15) is 18.0 Å². The first-order valence-corrected chi connectivity index (χ1v) is 15.8. The number of methoxy groups -OCH3 is 1. The Labute approximate surface area is 244 Å². The Balaban J connectivity index is 1.19. The lowest BCUT2D eigenvalue weighted by atomic mass is 9.93. The first kappa shape index (κ1) is 29.7. The molecule has 3 aromatic rings. The van der Waals surface area contributed by atoms with Crippen LogP contribution in [0.3, 0.4) is 0 Å². The number of hydrogen-bond acceptors (Lipinski definition) is 9. The second-order valence-corrected chi connectivity index (χ2v) is 12.6. The molecule has 0 spiro atoms. The number of fused-ring (bicyclic) bond motifs is 1. The number of hydrogen-bond donors (Lipinski definition) is 2. The highest BCUT2D eigenvalue weighted by Gasteiger charge is 2.27. The summed E-state index contributed by atoms with van der Waals surface area (Å²) in [6.07, 6.45) is 4.71. The molecule has 1 aliphatic heterocycles. The van der Waals surface area contributed by atoms with Crippen LogP contribution in [0.25, 0.3) is 10.9 Å². The molecular formula is C28H35ClFN5O5S. The lowest BCUT2D eigenvalue weighted by Gasteiger charge is -2.30. The summed E-state index contributed by atoms with van der Waals surface area (Å²) in [5.41, 5.74) is 1.23. The molecule has 41 heavy (non-hydrogen) atoms. The standard InChI is InChI=1S/C28H35ClFN5O5S/c1-38-26-17-25-22(28(32-18-31-25)33-20-5-8-24(30)23(29)15-20)16-27(26)40-21-6-3-19(4-7-21)34-41(36,37)14-2-9-35-10-12-39-13-11-35/h5,8,15-19,21,34H,2-4,6-7,9-14H2,1H3,(H,31,32,33)/t19-,21+. The summed E-state index contributed by atoms with van der Waals surface area (Å²) >= 11 is 5.94. The van der Waals surface area contributed by atoms with Gasteiger partial charge in [0, 0.05) is 36.3 Å². The Bertz CT molecular complexity index is 1450. The van der Waals surface area contributed by atoms with Crippen molar-refractivity contribution in [2.45, 2.75) is 44.2 Å². The van der Waals surface area contributed by atoms with E-state index < -0.39 is 15.8 Å². The van der Waals surface area contributed by atoms with E-state index in [-0.39, 0.29) is 22.9 Å². The lowest BCUT2D eigenvalue weighted by molar-refractivity contribution is 0.0381. The summed E-state index contributed by atoms with van der Waals surface area (Å²) in [6.45, 7) is 3.89. The predicted octanol–water partition coefficient (Wildman–Crippen LogP) is 4.51. The van der Waals surface area contributed by atoms with Gasteiger partial charge in [-0.25, -0.2) is 27.5 Å². The summed E-state index contributed by atoms with van der Waals surface area (Å²) in [5, 5.41) is 3.87. The van der Waals surface area contributed by atoms with Crippen LogP contribution in [0, 0.1) is 5.82 Å². The SMILES string of the molecule is COc1cc2ncnc(Nc3ccc(F)c(Cl)c3)c2cc1O[C@H]1CC[C@@H](NS(=O)(=O)CCCN2CCOCC2)CC1. The fourth-order valence-electron chi connectivity index (χ4n) is 5.22. The maximum Gasteiger partial charge on any atom is 0.211 e. The molecule has 2 fully saturated rings. The molecule has 1 aliphatic carbocycles. The van der Waals surface area contributed by atoms with Crippen LogP contribution >= 0.6 is 11.6 Å². The van der Waals surface area contributed by atoms with Gasteiger partial charge in [-0.2, -0.15) is 0 Å². The molecule has 13 heteroatoms. The van der Waals surface area contributed by atoms with Crippen LogP contribution in [0.1, 0.15) is 32.1 Å². The number of morpholine rings is 1. The molecule has 0 atom stereocenters. The zero-order chi connectivity index (χ0) is 28.8. The smallest absolute Gasteiger partial charge is 0.211 e. The molecule has 5 rings (SSSR count).